The lowest BCUT2D eigenvalue weighted by molar-refractivity contribution is 0.0983. The van der Waals surface area contributed by atoms with E-state index in [1.54, 1.807) is 26.5 Å². The summed E-state index contributed by atoms with van der Waals surface area (Å²) in [5, 5.41) is 0.844. The Labute approximate surface area is 211 Å². The van der Waals surface area contributed by atoms with Gasteiger partial charge in [-0.2, -0.15) is 0 Å². The SMILES string of the molecule is COc1cc(I)c(C(=O)N(CCN2CCCC2)c2ccnc3cc4c(cc23)OCO4)cc1OC. The molecule has 0 N–H and O–H groups in total. The number of pyridine rings is 1. The second-order valence-corrected chi connectivity index (χ2v) is 9.41. The van der Waals surface area contributed by atoms with Crippen LogP contribution in [-0.4, -0.2) is 63.0 Å². The van der Waals surface area contributed by atoms with Gasteiger partial charge in [0.05, 0.1) is 31.0 Å². The Bertz CT molecular complexity index is 1230. The predicted octanol–water partition coefficient (Wildman–Crippen LogP) is 4.33. The molecule has 8 nitrogen and oxygen atoms in total. The van der Waals surface area contributed by atoms with Gasteiger partial charge in [-0.1, -0.05) is 0 Å². The molecule has 1 fully saturated rings. The first-order valence-corrected chi connectivity index (χ1v) is 12.3. The van der Waals surface area contributed by atoms with Gasteiger partial charge in [-0.05, 0) is 72.8 Å². The van der Waals surface area contributed by atoms with Crippen molar-refractivity contribution in [1.29, 1.82) is 0 Å². The molecule has 9 heteroatoms. The molecule has 3 heterocycles. The van der Waals surface area contributed by atoms with Crippen LogP contribution in [0.15, 0.2) is 36.5 Å². The van der Waals surface area contributed by atoms with Gasteiger partial charge in [-0.15, -0.1) is 0 Å². The third-order valence-electron chi connectivity index (χ3n) is 6.29. The van der Waals surface area contributed by atoms with Crippen molar-refractivity contribution in [2.24, 2.45) is 0 Å². The maximum atomic E-state index is 14.0. The molecule has 0 bridgehead atoms. The van der Waals surface area contributed by atoms with Crippen molar-refractivity contribution in [3.05, 3.63) is 45.7 Å². The van der Waals surface area contributed by atoms with Crippen LogP contribution in [0.25, 0.3) is 10.9 Å². The Morgan fingerprint density at radius 1 is 1.09 bits per heavy atom. The zero-order chi connectivity index (χ0) is 23.7. The van der Waals surface area contributed by atoms with Crippen LogP contribution in [0.2, 0.25) is 0 Å². The quantitative estimate of drug-likeness (QED) is 0.389. The van der Waals surface area contributed by atoms with Crippen LogP contribution in [0.3, 0.4) is 0 Å². The van der Waals surface area contributed by atoms with Crippen LogP contribution in [-0.2, 0) is 0 Å². The number of hydrogen-bond donors (Lipinski definition) is 0. The summed E-state index contributed by atoms with van der Waals surface area (Å²) in [5.74, 6) is 2.34. The van der Waals surface area contributed by atoms with E-state index >= 15 is 0 Å². The van der Waals surface area contributed by atoms with E-state index in [9.17, 15) is 4.79 Å². The Kier molecular flexibility index (Phi) is 6.64. The van der Waals surface area contributed by atoms with Crippen molar-refractivity contribution in [3.8, 4) is 23.0 Å². The van der Waals surface area contributed by atoms with Gasteiger partial charge >= 0.3 is 0 Å². The third kappa shape index (κ3) is 4.34. The Morgan fingerprint density at radius 2 is 1.79 bits per heavy atom. The molecule has 0 saturated carbocycles. The van der Waals surface area contributed by atoms with Gasteiger partial charge in [0, 0.05) is 34.3 Å². The van der Waals surface area contributed by atoms with Crippen molar-refractivity contribution in [1.82, 2.24) is 9.88 Å². The normalized spacial score (nSPS) is 15.0. The first-order chi connectivity index (χ1) is 16.6. The molecule has 34 heavy (non-hydrogen) atoms. The van der Waals surface area contributed by atoms with Gasteiger partial charge in [0.25, 0.3) is 5.91 Å². The van der Waals surface area contributed by atoms with Crippen LogP contribution in [0.1, 0.15) is 23.2 Å². The monoisotopic (exact) mass is 575 g/mol. The summed E-state index contributed by atoms with van der Waals surface area (Å²) in [5.41, 5.74) is 2.10. The molecular weight excluding hydrogens is 549 g/mol. The van der Waals surface area contributed by atoms with E-state index in [-0.39, 0.29) is 12.7 Å². The predicted molar refractivity (Wildman–Crippen MR) is 137 cm³/mol. The Balaban J connectivity index is 1.58. The maximum absolute atomic E-state index is 14.0. The molecule has 1 amide bonds. The van der Waals surface area contributed by atoms with Crippen LogP contribution in [0, 0.1) is 3.57 Å². The lowest BCUT2D eigenvalue weighted by atomic mass is 10.1. The van der Waals surface area contributed by atoms with E-state index in [0.717, 1.165) is 39.8 Å². The fraction of sp³-hybridized carbons (Fsp3) is 0.360. The standard InChI is InChI=1S/C25H26IN3O5/c1-31-21-11-16(18(26)13-22(21)32-2)25(30)29(10-9-28-7-3-4-8-28)20-5-6-27-19-14-24-23(12-17(19)20)33-15-34-24/h5-6,11-14H,3-4,7-10,15H2,1-2H3. The molecule has 1 saturated heterocycles. The molecule has 0 aliphatic carbocycles. The zero-order valence-corrected chi connectivity index (χ0v) is 21.3. The summed E-state index contributed by atoms with van der Waals surface area (Å²) < 4.78 is 22.8. The number of likely N-dealkylation sites (tertiary alicyclic amines) is 1. The van der Waals surface area contributed by atoms with Gasteiger partial charge in [0.15, 0.2) is 23.0 Å². The van der Waals surface area contributed by atoms with Gasteiger partial charge in [0.2, 0.25) is 6.79 Å². The maximum Gasteiger partial charge on any atom is 0.259 e. The van der Waals surface area contributed by atoms with E-state index in [4.69, 9.17) is 18.9 Å². The second kappa shape index (κ2) is 9.83. The Morgan fingerprint density at radius 3 is 2.53 bits per heavy atom. The molecule has 178 valence electrons. The summed E-state index contributed by atoms with van der Waals surface area (Å²) in [7, 11) is 3.16. The molecule has 0 radical (unpaired) electrons. The Hall–Kier alpha value is -2.79. The van der Waals surface area contributed by atoms with Crippen molar-refractivity contribution < 1.29 is 23.7 Å². The molecule has 3 aromatic rings. The van der Waals surface area contributed by atoms with E-state index < -0.39 is 0 Å². The molecule has 5 rings (SSSR count). The second-order valence-electron chi connectivity index (χ2n) is 8.25. The number of fused-ring (bicyclic) bond motifs is 2. The number of nitrogens with zero attached hydrogens (tertiary/aromatic N) is 3. The minimum Gasteiger partial charge on any atom is -0.493 e. The molecule has 2 aromatic carbocycles. The van der Waals surface area contributed by atoms with Crippen LogP contribution in [0.5, 0.6) is 23.0 Å². The number of halogens is 1. The number of benzene rings is 2. The number of hydrogen-bond acceptors (Lipinski definition) is 7. The van der Waals surface area contributed by atoms with Gasteiger partial charge in [-0.3, -0.25) is 9.78 Å². The zero-order valence-electron chi connectivity index (χ0n) is 19.2. The largest absolute Gasteiger partial charge is 0.493 e. The third-order valence-corrected chi connectivity index (χ3v) is 7.18. The van der Waals surface area contributed by atoms with Crippen molar-refractivity contribution >= 4 is 45.1 Å². The number of carbonyl (C=O) groups excluding carboxylic acids is 1. The summed E-state index contributed by atoms with van der Waals surface area (Å²) in [6.45, 7) is 3.65. The fourth-order valence-corrected chi connectivity index (χ4v) is 5.17. The number of ether oxygens (including phenoxy) is 4. The number of rotatable bonds is 7. The lowest BCUT2D eigenvalue weighted by Crippen LogP contribution is -2.38. The number of methoxy groups -OCH3 is 2. The van der Waals surface area contributed by atoms with Crippen LogP contribution >= 0.6 is 22.6 Å². The van der Waals surface area contributed by atoms with Gasteiger partial charge < -0.3 is 28.7 Å². The van der Waals surface area contributed by atoms with E-state index in [1.807, 2.05) is 29.2 Å². The number of anilines is 1. The fourth-order valence-electron chi connectivity index (χ4n) is 4.50. The number of carbonyl (C=O) groups is 1. The average Bonchev–Trinajstić information content (AvgIpc) is 3.54. The van der Waals surface area contributed by atoms with Gasteiger partial charge in [0.1, 0.15) is 0 Å². The van der Waals surface area contributed by atoms with Crippen LogP contribution in [0.4, 0.5) is 5.69 Å². The molecule has 0 atom stereocenters. The van der Waals surface area contributed by atoms with Crippen molar-refractivity contribution in [2.75, 3.05) is 52.1 Å². The van der Waals surface area contributed by atoms with Crippen molar-refractivity contribution in [3.63, 3.8) is 0 Å². The van der Waals surface area contributed by atoms with Gasteiger partial charge in [-0.25, -0.2) is 0 Å². The van der Waals surface area contributed by atoms with E-state index in [2.05, 4.69) is 32.5 Å². The molecular formula is C25H26IN3O5. The smallest absolute Gasteiger partial charge is 0.259 e. The lowest BCUT2D eigenvalue weighted by Gasteiger charge is -2.27. The van der Waals surface area contributed by atoms with Crippen molar-refractivity contribution in [2.45, 2.75) is 12.8 Å². The molecule has 0 unspecified atom stereocenters. The summed E-state index contributed by atoms with van der Waals surface area (Å²) in [6.07, 6.45) is 4.13. The highest BCUT2D eigenvalue weighted by Gasteiger charge is 2.26. The summed E-state index contributed by atoms with van der Waals surface area (Å²) in [6, 6.07) is 9.25. The highest BCUT2D eigenvalue weighted by Crippen LogP contribution is 2.39. The molecule has 0 spiro atoms. The van der Waals surface area contributed by atoms with E-state index in [0.29, 0.717) is 35.1 Å². The first kappa shape index (κ1) is 23.0. The van der Waals surface area contributed by atoms with E-state index in [1.165, 1.54) is 12.8 Å². The topological polar surface area (TPSA) is 73.4 Å². The number of amides is 1. The minimum atomic E-state index is -0.102. The highest BCUT2D eigenvalue weighted by molar-refractivity contribution is 14.1. The first-order valence-electron chi connectivity index (χ1n) is 11.2. The number of aromatic nitrogens is 1. The molecule has 2 aliphatic heterocycles. The van der Waals surface area contributed by atoms with Crippen LogP contribution < -0.4 is 23.8 Å². The minimum absolute atomic E-state index is 0.102. The average molecular weight is 575 g/mol. The summed E-state index contributed by atoms with van der Waals surface area (Å²) in [4.78, 5) is 22.8. The summed E-state index contributed by atoms with van der Waals surface area (Å²) >= 11 is 2.18. The highest BCUT2D eigenvalue weighted by atomic mass is 127. The molecule has 2 aliphatic rings. The molecule has 1 aromatic heterocycles.